The van der Waals surface area contributed by atoms with Crippen LogP contribution in [0.2, 0.25) is 0 Å². The second-order valence-electron chi connectivity index (χ2n) is 6.56. The Balaban J connectivity index is 0.00000312. The van der Waals surface area contributed by atoms with Gasteiger partial charge in [0.2, 0.25) is 5.89 Å². The Morgan fingerprint density at radius 3 is 2.72 bits per heavy atom. The predicted molar refractivity (Wildman–Crippen MR) is 110 cm³/mol. The van der Waals surface area contributed by atoms with Gasteiger partial charge in [0.1, 0.15) is 0 Å². The predicted octanol–water partition coefficient (Wildman–Crippen LogP) is 2.69. The number of nitrogens with one attached hydrogen (secondary N) is 2. The summed E-state index contributed by atoms with van der Waals surface area (Å²) in [7, 11) is 1.77. The molecule has 1 heterocycles. The smallest absolute Gasteiger partial charge is 0.226 e. The molecule has 0 atom stereocenters. The summed E-state index contributed by atoms with van der Waals surface area (Å²) in [6, 6.07) is 0. The van der Waals surface area contributed by atoms with Crippen LogP contribution in [0.25, 0.3) is 0 Å². The Bertz CT molecular complexity index is 517. The van der Waals surface area contributed by atoms with Gasteiger partial charge >= 0.3 is 0 Å². The van der Waals surface area contributed by atoms with E-state index in [1.54, 1.807) is 7.11 Å². The highest BCUT2D eigenvalue weighted by molar-refractivity contribution is 14.0. The minimum atomic E-state index is 0. The van der Waals surface area contributed by atoms with Crippen molar-refractivity contribution in [3.8, 4) is 0 Å². The number of hydrogen-bond acceptors (Lipinski definition) is 5. The van der Waals surface area contributed by atoms with E-state index in [1.165, 1.54) is 19.3 Å². The molecule has 8 heteroatoms. The van der Waals surface area contributed by atoms with Gasteiger partial charge in [-0.05, 0) is 44.9 Å². The molecule has 0 saturated heterocycles. The largest absolute Gasteiger partial charge is 0.385 e. The van der Waals surface area contributed by atoms with Crippen molar-refractivity contribution in [2.24, 2.45) is 10.4 Å². The molecule has 2 N–H and O–H groups in total. The Morgan fingerprint density at radius 1 is 1.36 bits per heavy atom. The van der Waals surface area contributed by atoms with E-state index in [9.17, 15) is 0 Å². The number of guanidine groups is 1. The third kappa shape index (κ3) is 7.47. The number of hydrogen-bond donors (Lipinski definition) is 2. The SMILES string of the molecule is CCNC(=NCC1(CCOC)CCC1)NCCCc1nc(C)no1.I. The molecule has 1 aromatic rings. The topological polar surface area (TPSA) is 84.6 Å². The van der Waals surface area contributed by atoms with Crippen molar-refractivity contribution in [2.75, 3.05) is 33.4 Å². The minimum Gasteiger partial charge on any atom is -0.385 e. The summed E-state index contributed by atoms with van der Waals surface area (Å²) in [5, 5.41) is 10.5. The molecule has 1 aromatic heterocycles. The van der Waals surface area contributed by atoms with Gasteiger partial charge in [-0.25, -0.2) is 0 Å². The van der Waals surface area contributed by atoms with E-state index in [4.69, 9.17) is 14.3 Å². The number of halogens is 1. The van der Waals surface area contributed by atoms with Gasteiger partial charge in [-0.2, -0.15) is 4.98 Å². The number of rotatable bonds is 10. The van der Waals surface area contributed by atoms with Crippen molar-refractivity contribution in [1.82, 2.24) is 20.8 Å². The first kappa shape index (κ1) is 22.1. The van der Waals surface area contributed by atoms with Crippen molar-refractivity contribution in [3.05, 3.63) is 11.7 Å². The van der Waals surface area contributed by atoms with Crippen LogP contribution >= 0.6 is 24.0 Å². The fraction of sp³-hybridized carbons (Fsp3) is 0.824. The number of ether oxygens (including phenoxy) is 1. The van der Waals surface area contributed by atoms with Gasteiger partial charge < -0.3 is 19.9 Å². The van der Waals surface area contributed by atoms with Crippen molar-refractivity contribution in [3.63, 3.8) is 0 Å². The molecular formula is C17H32IN5O2. The van der Waals surface area contributed by atoms with Gasteiger partial charge in [0.15, 0.2) is 11.8 Å². The monoisotopic (exact) mass is 465 g/mol. The van der Waals surface area contributed by atoms with E-state index in [0.29, 0.717) is 17.1 Å². The Hall–Kier alpha value is -0.900. The zero-order valence-electron chi connectivity index (χ0n) is 15.6. The summed E-state index contributed by atoms with van der Waals surface area (Å²) in [6.45, 7) is 7.30. The molecule has 1 aliphatic carbocycles. The molecule has 0 bridgehead atoms. The average Bonchev–Trinajstić information content (AvgIpc) is 2.95. The molecule has 144 valence electrons. The van der Waals surface area contributed by atoms with Gasteiger partial charge in [0.25, 0.3) is 0 Å². The van der Waals surface area contributed by atoms with E-state index < -0.39 is 0 Å². The van der Waals surface area contributed by atoms with Crippen LogP contribution in [0.4, 0.5) is 0 Å². The van der Waals surface area contributed by atoms with Crippen molar-refractivity contribution in [1.29, 1.82) is 0 Å². The molecule has 0 spiro atoms. The minimum absolute atomic E-state index is 0. The first-order chi connectivity index (χ1) is 11.7. The van der Waals surface area contributed by atoms with Crippen LogP contribution in [0, 0.1) is 12.3 Å². The maximum Gasteiger partial charge on any atom is 0.226 e. The molecule has 0 aliphatic heterocycles. The van der Waals surface area contributed by atoms with Gasteiger partial charge in [-0.15, -0.1) is 24.0 Å². The molecule has 1 saturated carbocycles. The molecule has 2 rings (SSSR count). The molecule has 7 nitrogen and oxygen atoms in total. The fourth-order valence-electron chi connectivity index (χ4n) is 2.96. The van der Waals surface area contributed by atoms with Crippen LogP contribution < -0.4 is 10.6 Å². The van der Waals surface area contributed by atoms with Crippen LogP contribution in [0.15, 0.2) is 9.52 Å². The third-order valence-electron chi connectivity index (χ3n) is 4.60. The quantitative estimate of drug-likeness (QED) is 0.239. The van der Waals surface area contributed by atoms with Crippen LogP contribution in [0.1, 0.15) is 50.7 Å². The van der Waals surface area contributed by atoms with E-state index in [2.05, 4.69) is 27.7 Å². The second-order valence-corrected chi connectivity index (χ2v) is 6.56. The number of aromatic nitrogens is 2. The fourth-order valence-corrected chi connectivity index (χ4v) is 2.96. The van der Waals surface area contributed by atoms with Gasteiger partial charge in [-0.1, -0.05) is 11.6 Å². The van der Waals surface area contributed by atoms with E-state index >= 15 is 0 Å². The van der Waals surface area contributed by atoms with Gasteiger partial charge in [0.05, 0.1) is 0 Å². The maximum absolute atomic E-state index is 5.25. The number of aliphatic imine (C=N–C) groups is 1. The van der Waals surface area contributed by atoms with Gasteiger partial charge in [0, 0.05) is 39.8 Å². The zero-order valence-corrected chi connectivity index (χ0v) is 18.0. The second kappa shape index (κ2) is 11.7. The molecule has 0 amide bonds. The maximum atomic E-state index is 5.25. The standard InChI is InChI=1S/C17H31N5O2.HI/c1-4-18-16(19-11-5-7-15-21-14(2)22-24-15)20-13-17(8-6-9-17)10-12-23-3;/h4-13H2,1-3H3,(H2,18,19,20);1H. The van der Waals surface area contributed by atoms with Gasteiger partial charge in [-0.3, -0.25) is 4.99 Å². The third-order valence-corrected chi connectivity index (χ3v) is 4.60. The molecule has 0 radical (unpaired) electrons. The highest BCUT2D eigenvalue weighted by atomic mass is 127. The summed E-state index contributed by atoms with van der Waals surface area (Å²) in [5.74, 6) is 2.28. The first-order valence-electron chi connectivity index (χ1n) is 8.98. The summed E-state index contributed by atoms with van der Waals surface area (Å²) in [6.07, 6.45) is 6.65. The van der Waals surface area contributed by atoms with Crippen LogP contribution in [0.5, 0.6) is 0 Å². The number of aryl methyl sites for hydroxylation is 2. The summed E-state index contributed by atoms with van der Waals surface area (Å²) >= 11 is 0. The molecule has 1 fully saturated rings. The molecule has 0 aromatic carbocycles. The Labute approximate surface area is 167 Å². The van der Waals surface area contributed by atoms with Crippen LogP contribution in [-0.4, -0.2) is 49.5 Å². The lowest BCUT2D eigenvalue weighted by atomic mass is 9.67. The molecule has 1 aliphatic rings. The lowest BCUT2D eigenvalue weighted by Gasteiger charge is -2.40. The number of nitrogens with zero attached hydrogens (tertiary/aromatic N) is 3. The molecule has 0 unspecified atom stereocenters. The lowest BCUT2D eigenvalue weighted by Crippen LogP contribution is -2.40. The molecular weight excluding hydrogens is 433 g/mol. The van der Waals surface area contributed by atoms with E-state index in [0.717, 1.165) is 51.5 Å². The Kier molecular flexibility index (Phi) is 10.3. The Morgan fingerprint density at radius 2 is 2.16 bits per heavy atom. The van der Waals surface area contributed by atoms with Crippen molar-refractivity contribution < 1.29 is 9.26 Å². The van der Waals surface area contributed by atoms with E-state index in [1.807, 2.05) is 6.92 Å². The van der Waals surface area contributed by atoms with Crippen LogP contribution in [-0.2, 0) is 11.2 Å². The summed E-state index contributed by atoms with van der Waals surface area (Å²) in [5.41, 5.74) is 0.347. The normalized spacial score (nSPS) is 16.0. The summed E-state index contributed by atoms with van der Waals surface area (Å²) < 4.78 is 10.4. The van der Waals surface area contributed by atoms with Crippen molar-refractivity contribution in [2.45, 2.75) is 52.4 Å². The van der Waals surface area contributed by atoms with Crippen molar-refractivity contribution >= 4 is 29.9 Å². The highest BCUT2D eigenvalue weighted by Gasteiger charge is 2.36. The van der Waals surface area contributed by atoms with E-state index in [-0.39, 0.29) is 24.0 Å². The molecule has 25 heavy (non-hydrogen) atoms. The van der Waals surface area contributed by atoms with Crippen LogP contribution in [0.3, 0.4) is 0 Å². The summed E-state index contributed by atoms with van der Waals surface area (Å²) in [4.78, 5) is 9.01. The lowest BCUT2D eigenvalue weighted by molar-refractivity contribution is 0.0778. The first-order valence-corrected chi connectivity index (χ1v) is 8.98. The average molecular weight is 465 g/mol. The zero-order chi connectivity index (χ0) is 17.3. The highest BCUT2D eigenvalue weighted by Crippen LogP contribution is 2.44. The number of methoxy groups -OCH3 is 1.